The maximum Gasteiger partial charge on any atom is 0.241 e. The van der Waals surface area contributed by atoms with Gasteiger partial charge in [-0.3, -0.25) is 0 Å². The van der Waals surface area contributed by atoms with Crippen molar-refractivity contribution in [1.82, 2.24) is 4.72 Å². The summed E-state index contributed by atoms with van der Waals surface area (Å²) >= 11 is 5.88. The fraction of sp³-hybridized carbons (Fsp3) is 0.533. The predicted octanol–water partition coefficient (Wildman–Crippen LogP) is 2.68. The van der Waals surface area contributed by atoms with Gasteiger partial charge in [0, 0.05) is 13.2 Å². The van der Waals surface area contributed by atoms with Crippen molar-refractivity contribution < 1.29 is 13.5 Å². The van der Waals surface area contributed by atoms with Gasteiger partial charge in [0.2, 0.25) is 10.0 Å². The Morgan fingerprint density at radius 3 is 2.50 bits per heavy atom. The zero-order chi connectivity index (χ0) is 16.8. The monoisotopic (exact) mass is 344 g/mol. The summed E-state index contributed by atoms with van der Waals surface area (Å²) in [5.74, 6) is 0. The molecule has 0 aliphatic carbocycles. The SMILES string of the molecule is CCC(CC)(CCO)CNS(=O)(=O)c1cccc(Cl)c1C#N. The Hall–Kier alpha value is -1.13. The number of sulfonamides is 1. The Balaban J connectivity index is 3.07. The molecule has 1 rings (SSSR count). The van der Waals surface area contributed by atoms with Crippen LogP contribution in [0.5, 0.6) is 0 Å². The van der Waals surface area contributed by atoms with Crippen LogP contribution in [0.3, 0.4) is 0 Å². The van der Waals surface area contributed by atoms with Gasteiger partial charge in [0.1, 0.15) is 11.0 Å². The van der Waals surface area contributed by atoms with Gasteiger partial charge in [0.25, 0.3) is 0 Å². The summed E-state index contributed by atoms with van der Waals surface area (Å²) < 4.78 is 27.5. The lowest BCUT2D eigenvalue weighted by Gasteiger charge is -2.31. The van der Waals surface area contributed by atoms with E-state index < -0.39 is 10.0 Å². The minimum Gasteiger partial charge on any atom is -0.396 e. The van der Waals surface area contributed by atoms with E-state index in [1.807, 2.05) is 19.9 Å². The number of benzene rings is 1. The minimum absolute atomic E-state index is 0.00399. The molecule has 0 saturated carbocycles. The molecule has 0 radical (unpaired) electrons. The molecule has 0 amide bonds. The van der Waals surface area contributed by atoms with E-state index in [0.29, 0.717) is 6.42 Å². The van der Waals surface area contributed by atoms with Crippen LogP contribution < -0.4 is 4.72 Å². The van der Waals surface area contributed by atoms with Gasteiger partial charge < -0.3 is 5.11 Å². The van der Waals surface area contributed by atoms with Crippen molar-refractivity contribution in [2.45, 2.75) is 38.0 Å². The van der Waals surface area contributed by atoms with Crippen LogP contribution >= 0.6 is 11.6 Å². The minimum atomic E-state index is -3.84. The first-order chi connectivity index (χ1) is 10.4. The van der Waals surface area contributed by atoms with E-state index in [1.54, 1.807) is 0 Å². The predicted molar refractivity (Wildman–Crippen MR) is 86.1 cm³/mol. The van der Waals surface area contributed by atoms with Crippen molar-refractivity contribution in [3.63, 3.8) is 0 Å². The Kier molecular flexibility index (Phi) is 6.82. The first-order valence-electron chi connectivity index (χ1n) is 7.15. The summed E-state index contributed by atoms with van der Waals surface area (Å²) in [5, 5.41) is 18.4. The zero-order valence-electron chi connectivity index (χ0n) is 12.8. The number of rotatable bonds is 8. The van der Waals surface area contributed by atoms with Crippen LogP contribution in [0.2, 0.25) is 5.02 Å². The molecule has 0 aliphatic rings. The summed E-state index contributed by atoms with van der Waals surface area (Å²) in [5.41, 5.74) is -0.356. The third kappa shape index (κ3) is 4.20. The highest BCUT2D eigenvalue weighted by atomic mass is 35.5. The third-order valence-corrected chi connectivity index (χ3v) is 5.91. The highest BCUT2D eigenvalue weighted by Crippen LogP contribution is 2.30. The molecule has 1 aromatic rings. The average Bonchev–Trinajstić information content (AvgIpc) is 2.51. The Labute approximate surface area is 137 Å². The number of nitrogens with zero attached hydrogens (tertiary/aromatic N) is 1. The highest BCUT2D eigenvalue weighted by molar-refractivity contribution is 7.89. The van der Waals surface area contributed by atoms with Crippen molar-refractivity contribution in [2.75, 3.05) is 13.2 Å². The van der Waals surface area contributed by atoms with Crippen molar-refractivity contribution in [1.29, 1.82) is 5.26 Å². The van der Waals surface area contributed by atoms with Gasteiger partial charge in [-0.05, 0) is 36.8 Å². The normalized spacial score (nSPS) is 12.1. The Bertz CT molecular complexity index is 649. The number of hydrogen-bond acceptors (Lipinski definition) is 4. The van der Waals surface area contributed by atoms with E-state index in [1.165, 1.54) is 18.2 Å². The second-order valence-corrected chi connectivity index (χ2v) is 7.37. The maximum atomic E-state index is 12.5. The molecule has 122 valence electrons. The van der Waals surface area contributed by atoms with Gasteiger partial charge in [0.15, 0.2) is 0 Å². The van der Waals surface area contributed by atoms with Crippen molar-refractivity contribution in [3.8, 4) is 6.07 Å². The first kappa shape index (κ1) is 18.9. The average molecular weight is 345 g/mol. The maximum absolute atomic E-state index is 12.5. The van der Waals surface area contributed by atoms with E-state index in [4.69, 9.17) is 16.9 Å². The largest absolute Gasteiger partial charge is 0.396 e. The van der Waals surface area contributed by atoms with Crippen LogP contribution in [0.1, 0.15) is 38.7 Å². The van der Waals surface area contributed by atoms with Crippen molar-refractivity contribution in [3.05, 3.63) is 28.8 Å². The molecular formula is C15H21ClN2O3S. The van der Waals surface area contributed by atoms with Crippen LogP contribution in [-0.4, -0.2) is 26.7 Å². The fourth-order valence-electron chi connectivity index (χ4n) is 2.34. The van der Waals surface area contributed by atoms with Gasteiger partial charge in [-0.2, -0.15) is 5.26 Å². The molecular weight excluding hydrogens is 324 g/mol. The molecule has 0 bridgehead atoms. The molecule has 5 nitrogen and oxygen atoms in total. The Morgan fingerprint density at radius 2 is 2.00 bits per heavy atom. The lowest BCUT2D eigenvalue weighted by atomic mass is 9.80. The van der Waals surface area contributed by atoms with Crippen LogP contribution in [0.15, 0.2) is 23.1 Å². The molecule has 2 N–H and O–H groups in total. The van der Waals surface area contributed by atoms with Gasteiger partial charge in [-0.15, -0.1) is 0 Å². The van der Waals surface area contributed by atoms with E-state index >= 15 is 0 Å². The number of aliphatic hydroxyl groups is 1. The topological polar surface area (TPSA) is 90.2 Å². The molecule has 0 heterocycles. The van der Waals surface area contributed by atoms with Crippen LogP contribution in [0.25, 0.3) is 0 Å². The summed E-state index contributed by atoms with van der Waals surface area (Å²) in [6.07, 6.45) is 2.00. The molecule has 7 heteroatoms. The summed E-state index contributed by atoms with van der Waals surface area (Å²) in [6, 6.07) is 6.17. The molecule has 0 saturated heterocycles. The highest BCUT2D eigenvalue weighted by Gasteiger charge is 2.29. The number of nitrogens with one attached hydrogen (secondary N) is 1. The van der Waals surface area contributed by atoms with E-state index in [9.17, 15) is 13.5 Å². The zero-order valence-corrected chi connectivity index (χ0v) is 14.3. The summed E-state index contributed by atoms with van der Waals surface area (Å²) in [4.78, 5) is -0.118. The molecule has 0 fully saturated rings. The number of nitriles is 1. The fourth-order valence-corrected chi connectivity index (χ4v) is 3.95. The van der Waals surface area contributed by atoms with E-state index in [0.717, 1.165) is 12.8 Å². The quantitative estimate of drug-likeness (QED) is 0.758. The first-order valence-corrected chi connectivity index (χ1v) is 9.01. The lowest BCUT2D eigenvalue weighted by molar-refractivity contribution is 0.170. The second-order valence-electron chi connectivity index (χ2n) is 5.23. The van der Waals surface area contributed by atoms with Crippen LogP contribution in [-0.2, 0) is 10.0 Å². The molecule has 0 aromatic heterocycles. The van der Waals surface area contributed by atoms with Gasteiger partial charge in [0.05, 0.1) is 10.6 Å². The summed E-state index contributed by atoms with van der Waals surface area (Å²) in [6.45, 7) is 4.14. The molecule has 0 unspecified atom stereocenters. The molecule has 0 atom stereocenters. The second kappa shape index (κ2) is 7.93. The molecule has 22 heavy (non-hydrogen) atoms. The molecule has 0 spiro atoms. The molecule has 0 aliphatic heterocycles. The Morgan fingerprint density at radius 1 is 1.36 bits per heavy atom. The number of hydrogen-bond donors (Lipinski definition) is 2. The third-order valence-electron chi connectivity index (χ3n) is 4.16. The van der Waals surface area contributed by atoms with Gasteiger partial charge >= 0.3 is 0 Å². The number of halogens is 1. The molecule has 1 aromatic carbocycles. The standard InChI is InChI=1S/C15H21ClN2O3S/c1-3-15(4-2,8-9-19)11-18-22(20,21)14-7-5-6-13(16)12(14)10-17/h5-7,18-19H,3-4,8-9,11H2,1-2H3. The van der Waals surface area contributed by atoms with Crippen molar-refractivity contribution in [2.24, 2.45) is 5.41 Å². The van der Waals surface area contributed by atoms with Gasteiger partial charge in [-0.25, -0.2) is 13.1 Å². The smallest absolute Gasteiger partial charge is 0.241 e. The summed E-state index contributed by atoms with van der Waals surface area (Å²) in [7, 11) is -3.84. The number of aliphatic hydroxyl groups excluding tert-OH is 1. The van der Waals surface area contributed by atoms with Crippen LogP contribution in [0.4, 0.5) is 0 Å². The van der Waals surface area contributed by atoms with Crippen LogP contribution in [0, 0.1) is 16.7 Å². The van der Waals surface area contributed by atoms with Crippen molar-refractivity contribution >= 4 is 21.6 Å². The van der Waals surface area contributed by atoms with Gasteiger partial charge in [-0.1, -0.05) is 31.5 Å². The van der Waals surface area contributed by atoms with E-state index in [-0.39, 0.29) is 34.0 Å². The van der Waals surface area contributed by atoms with E-state index in [2.05, 4.69) is 4.72 Å². The lowest BCUT2D eigenvalue weighted by Crippen LogP contribution is -2.37.